The molecule has 2 aromatic heterocycles. The van der Waals surface area contributed by atoms with Gasteiger partial charge in [-0.2, -0.15) is 5.26 Å². The monoisotopic (exact) mass is 480 g/mol. The molecular formula is C28H24N4O4. The van der Waals surface area contributed by atoms with Crippen LogP contribution >= 0.6 is 0 Å². The summed E-state index contributed by atoms with van der Waals surface area (Å²) in [5.41, 5.74) is 3.89. The Morgan fingerprint density at radius 1 is 1.08 bits per heavy atom. The van der Waals surface area contributed by atoms with Crippen molar-refractivity contribution in [3.63, 3.8) is 0 Å². The van der Waals surface area contributed by atoms with Gasteiger partial charge in [-0.3, -0.25) is 24.3 Å². The van der Waals surface area contributed by atoms with Crippen LogP contribution in [0.1, 0.15) is 44.6 Å². The maximum absolute atomic E-state index is 13.3. The second-order valence-electron chi connectivity index (χ2n) is 8.17. The number of nitrogens with one attached hydrogen (secondary N) is 1. The number of carbonyl (C=O) groups is 3. The molecule has 0 aliphatic carbocycles. The van der Waals surface area contributed by atoms with Crippen molar-refractivity contribution < 1.29 is 19.1 Å². The van der Waals surface area contributed by atoms with Gasteiger partial charge in [-0.15, -0.1) is 0 Å². The van der Waals surface area contributed by atoms with Crippen molar-refractivity contribution in [2.45, 2.75) is 20.3 Å². The lowest BCUT2D eigenvalue weighted by molar-refractivity contribution is -0.141. The molecule has 1 amide bonds. The molecule has 0 unspecified atom stereocenters. The first-order chi connectivity index (χ1) is 17.4. The number of fused-ring (bicyclic) bond motifs is 1. The van der Waals surface area contributed by atoms with Gasteiger partial charge in [0, 0.05) is 40.5 Å². The van der Waals surface area contributed by atoms with Crippen LogP contribution in [0.5, 0.6) is 0 Å². The summed E-state index contributed by atoms with van der Waals surface area (Å²) < 4.78 is 5.08. The first-order valence-corrected chi connectivity index (χ1v) is 11.4. The average molecular weight is 481 g/mol. The van der Waals surface area contributed by atoms with Crippen LogP contribution in [0.2, 0.25) is 0 Å². The highest BCUT2D eigenvalue weighted by molar-refractivity contribution is 6.12. The molecule has 0 aliphatic rings. The predicted molar refractivity (Wildman–Crippen MR) is 135 cm³/mol. The number of ketones is 1. The molecule has 4 aromatic rings. The van der Waals surface area contributed by atoms with E-state index in [-0.39, 0.29) is 31.0 Å². The normalized spacial score (nSPS) is 10.6. The summed E-state index contributed by atoms with van der Waals surface area (Å²) in [7, 11) is 0. The van der Waals surface area contributed by atoms with E-state index in [1.165, 1.54) is 11.1 Å². The van der Waals surface area contributed by atoms with Crippen LogP contribution in [-0.4, -0.2) is 40.8 Å². The molecule has 0 spiro atoms. The van der Waals surface area contributed by atoms with Crippen LogP contribution in [0.25, 0.3) is 10.9 Å². The summed E-state index contributed by atoms with van der Waals surface area (Å²) >= 11 is 0. The number of nitriles is 1. The molecule has 0 saturated heterocycles. The fourth-order valence-electron chi connectivity index (χ4n) is 4.06. The molecule has 0 fully saturated rings. The Morgan fingerprint density at radius 2 is 1.86 bits per heavy atom. The molecule has 2 heterocycles. The average Bonchev–Trinajstić information content (AvgIpc) is 3.23. The van der Waals surface area contributed by atoms with E-state index in [2.05, 4.69) is 16.0 Å². The third-order valence-electron chi connectivity index (χ3n) is 5.73. The molecule has 2 aromatic carbocycles. The summed E-state index contributed by atoms with van der Waals surface area (Å²) in [6, 6.07) is 19.1. The highest BCUT2D eigenvalue weighted by Gasteiger charge is 2.24. The fraction of sp³-hybridized carbons (Fsp3) is 0.179. The minimum atomic E-state index is -0.552. The summed E-state index contributed by atoms with van der Waals surface area (Å²) in [6.45, 7) is 3.41. The quantitative estimate of drug-likeness (QED) is 0.296. The van der Waals surface area contributed by atoms with Gasteiger partial charge in [-0.1, -0.05) is 18.2 Å². The maximum Gasteiger partial charge on any atom is 0.326 e. The Kier molecular flexibility index (Phi) is 7.21. The van der Waals surface area contributed by atoms with Crippen molar-refractivity contribution >= 4 is 34.3 Å². The number of Topliss-reactive ketones (excluding diaryl/α,β-unsaturated/α-hetero) is 1. The SMILES string of the molecule is CCOC(=O)CN(C(=O)c1ccccn1)c1ccc2[nH]c(C)c(C(=O)Cc3ccc(C#N)cc3)c2c1. The molecule has 8 nitrogen and oxygen atoms in total. The van der Waals surface area contributed by atoms with E-state index in [1.807, 2.05) is 6.92 Å². The van der Waals surface area contributed by atoms with Crippen LogP contribution in [0.15, 0.2) is 66.9 Å². The van der Waals surface area contributed by atoms with Gasteiger partial charge >= 0.3 is 5.97 Å². The van der Waals surface area contributed by atoms with Crippen molar-refractivity contribution in [2.24, 2.45) is 0 Å². The summed E-state index contributed by atoms with van der Waals surface area (Å²) in [4.78, 5) is 47.6. The first-order valence-electron chi connectivity index (χ1n) is 11.4. The van der Waals surface area contributed by atoms with Crippen LogP contribution in [-0.2, 0) is 16.0 Å². The van der Waals surface area contributed by atoms with Gasteiger partial charge in [0.2, 0.25) is 0 Å². The molecule has 8 heteroatoms. The van der Waals surface area contributed by atoms with Crippen molar-refractivity contribution in [1.29, 1.82) is 5.26 Å². The van der Waals surface area contributed by atoms with Crippen molar-refractivity contribution in [1.82, 2.24) is 9.97 Å². The third-order valence-corrected chi connectivity index (χ3v) is 5.73. The lowest BCUT2D eigenvalue weighted by Crippen LogP contribution is -2.37. The number of aromatic amines is 1. The summed E-state index contributed by atoms with van der Waals surface area (Å²) in [5, 5.41) is 9.65. The Morgan fingerprint density at radius 3 is 2.53 bits per heavy atom. The molecule has 0 bridgehead atoms. The number of carbonyl (C=O) groups excluding carboxylic acids is 3. The molecule has 36 heavy (non-hydrogen) atoms. The lowest BCUT2D eigenvalue weighted by Gasteiger charge is -2.22. The summed E-state index contributed by atoms with van der Waals surface area (Å²) in [5.74, 6) is -1.11. The number of hydrogen-bond donors (Lipinski definition) is 1. The number of esters is 1. The zero-order chi connectivity index (χ0) is 25.7. The smallest absolute Gasteiger partial charge is 0.326 e. The van der Waals surface area contributed by atoms with Crippen molar-refractivity contribution in [2.75, 3.05) is 18.1 Å². The van der Waals surface area contributed by atoms with E-state index in [4.69, 9.17) is 10.00 Å². The summed E-state index contributed by atoms with van der Waals surface area (Å²) in [6.07, 6.45) is 1.66. The number of pyridine rings is 1. The molecule has 0 aliphatic heterocycles. The van der Waals surface area contributed by atoms with Gasteiger partial charge in [-0.05, 0) is 61.9 Å². The Hall–Kier alpha value is -4.77. The van der Waals surface area contributed by atoms with E-state index < -0.39 is 11.9 Å². The second-order valence-corrected chi connectivity index (χ2v) is 8.17. The number of H-pyrrole nitrogens is 1. The largest absolute Gasteiger partial charge is 0.465 e. The van der Waals surface area contributed by atoms with Crippen LogP contribution in [0.4, 0.5) is 5.69 Å². The highest BCUT2D eigenvalue weighted by Crippen LogP contribution is 2.29. The predicted octanol–water partition coefficient (Wildman–Crippen LogP) is 4.38. The number of anilines is 1. The standard InChI is InChI=1S/C28H24N4O4/c1-3-36-26(34)17-32(28(35)24-6-4-5-13-30-24)21-11-12-23-22(15-21)27(18(2)31-23)25(33)14-19-7-9-20(16-29)10-8-19/h4-13,15,31H,3,14,17H2,1-2H3. The number of nitrogens with zero attached hydrogens (tertiary/aromatic N) is 3. The van der Waals surface area contributed by atoms with Crippen molar-refractivity contribution in [3.05, 3.63) is 94.9 Å². The first kappa shape index (κ1) is 24.4. The number of amides is 1. The zero-order valence-electron chi connectivity index (χ0n) is 19.9. The Balaban J connectivity index is 1.72. The minimum absolute atomic E-state index is 0.103. The van der Waals surface area contributed by atoms with Gasteiger partial charge in [-0.25, -0.2) is 0 Å². The van der Waals surface area contributed by atoms with E-state index in [0.717, 1.165) is 11.1 Å². The number of aromatic nitrogens is 2. The van der Waals surface area contributed by atoms with Crippen LogP contribution in [0, 0.1) is 18.3 Å². The lowest BCUT2D eigenvalue weighted by atomic mass is 9.99. The molecule has 0 radical (unpaired) electrons. The van der Waals surface area contributed by atoms with Crippen molar-refractivity contribution in [3.8, 4) is 6.07 Å². The fourth-order valence-corrected chi connectivity index (χ4v) is 4.06. The highest BCUT2D eigenvalue weighted by atomic mass is 16.5. The Bertz CT molecular complexity index is 1470. The minimum Gasteiger partial charge on any atom is -0.465 e. The maximum atomic E-state index is 13.3. The zero-order valence-corrected chi connectivity index (χ0v) is 19.9. The number of benzene rings is 2. The van der Waals surface area contributed by atoms with E-state index in [9.17, 15) is 14.4 Å². The topological polar surface area (TPSA) is 116 Å². The van der Waals surface area contributed by atoms with E-state index >= 15 is 0 Å². The van der Waals surface area contributed by atoms with E-state index in [0.29, 0.717) is 27.9 Å². The van der Waals surface area contributed by atoms with Crippen LogP contribution in [0.3, 0.4) is 0 Å². The van der Waals surface area contributed by atoms with Crippen LogP contribution < -0.4 is 4.90 Å². The van der Waals surface area contributed by atoms with Gasteiger partial charge in [0.05, 0.1) is 18.2 Å². The van der Waals surface area contributed by atoms with Gasteiger partial charge in [0.1, 0.15) is 12.2 Å². The molecule has 1 N–H and O–H groups in total. The number of ether oxygens (including phenoxy) is 1. The molecule has 0 saturated carbocycles. The number of hydrogen-bond acceptors (Lipinski definition) is 6. The van der Waals surface area contributed by atoms with E-state index in [1.54, 1.807) is 67.6 Å². The molecule has 0 atom stereocenters. The van der Waals surface area contributed by atoms with Gasteiger partial charge in [0.25, 0.3) is 5.91 Å². The number of aryl methyl sites for hydroxylation is 1. The molecular weight excluding hydrogens is 456 g/mol. The number of rotatable bonds is 8. The Labute approximate surface area is 208 Å². The molecule has 4 rings (SSSR count). The second kappa shape index (κ2) is 10.7. The third kappa shape index (κ3) is 5.15. The molecule has 180 valence electrons. The van der Waals surface area contributed by atoms with Gasteiger partial charge in [0.15, 0.2) is 5.78 Å². The van der Waals surface area contributed by atoms with Gasteiger partial charge < -0.3 is 9.72 Å².